The predicted octanol–water partition coefficient (Wildman–Crippen LogP) is 5.72. The number of hydrogen-bond donors (Lipinski definition) is 0. The Hall–Kier alpha value is -1.38. The summed E-state index contributed by atoms with van der Waals surface area (Å²) in [6.07, 6.45) is 16.1. The van der Waals surface area contributed by atoms with Gasteiger partial charge in [-0.05, 0) is 92.6 Å². The minimum atomic E-state index is -0.124. The zero-order chi connectivity index (χ0) is 19.7. The molecule has 0 spiro atoms. The highest BCUT2D eigenvalue weighted by molar-refractivity contribution is 6.06. The van der Waals surface area contributed by atoms with Crippen LogP contribution >= 0.6 is 0 Å². The maximum absolute atomic E-state index is 13.5. The van der Waals surface area contributed by atoms with Gasteiger partial charge >= 0.3 is 0 Å². The molecule has 0 aliphatic heterocycles. The number of aryl methyl sites for hydroxylation is 2. The standard InChI is InChI=1S/C25H36N2O/c1-16-18(15-27(4)26-16)13-17-14-22-20-9-8-19-7-5-6-11-24(19,2)21(20)10-12-25(22,3)23(17)28/h13,15,19-22H,5-12,14H2,1-4H3/b17-13+/t19-,20-,21+,22+,24-,25-/m0/s1. The third kappa shape index (κ3) is 2.53. The second-order valence-corrected chi connectivity index (χ2v) is 10.9. The zero-order valence-electron chi connectivity index (χ0n) is 18.1. The Morgan fingerprint density at radius 1 is 1.11 bits per heavy atom. The number of Topliss-reactive ketones (excluding diaryl/α,β-unsaturated/α-hetero) is 1. The summed E-state index contributed by atoms with van der Waals surface area (Å²) in [6, 6.07) is 0. The van der Waals surface area contributed by atoms with Gasteiger partial charge in [-0.2, -0.15) is 5.10 Å². The third-order valence-corrected chi connectivity index (χ3v) is 9.60. The lowest BCUT2D eigenvalue weighted by molar-refractivity contribution is -0.137. The van der Waals surface area contributed by atoms with E-state index >= 15 is 0 Å². The molecule has 4 saturated carbocycles. The molecule has 4 fully saturated rings. The van der Waals surface area contributed by atoms with E-state index in [-0.39, 0.29) is 5.41 Å². The van der Waals surface area contributed by atoms with Gasteiger partial charge in [0.25, 0.3) is 0 Å². The maximum Gasteiger partial charge on any atom is 0.165 e. The van der Waals surface area contributed by atoms with Crippen LogP contribution in [0.1, 0.15) is 82.9 Å². The first-order valence-electron chi connectivity index (χ1n) is 11.6. The normalized spacial score (nSPS) is 44.3. The lowest BCUT2D eigenvalue weighted by Crippen LogP contribution is -2.52. The number of rotatable bonds is 1. The second-order valence-electron chi connectivity index (χ2n) is 10.9. The zero-order valence-corrected chi connectivity index (χ0v) is 18.1. The van der Waals surface area contributed by atoms with Crippen molar-refractivity contribution in [1.29, 1.82) is 0 Å². The Bertz CT molecular complexity index is 836. The van der Waals surface area contributed by atoms with Crippen LogP contribution in [0, 0.1) is 41.4 Å². The number of aromatic nitrogens is 2. The van der Waals surface area contributed by atoms with Gasteiger partial charge in [0.05, 0.1) is 5.69 Å². The molecule has 0 saturated heterocycles. The molecule has 3 heteroatoms. The largest absolute Gasteiger partial charge is 0.294 e. The molecule has 4 aliphatic rings. The predicted molar refractivity (Wildman–Crippen MR) is 113 cm³/mol. The van der Waals surface area contributed by atoms with Crippen molar-refractivity contribution in [1.82, 2.24) is 9.78 Å². The monoisotopic (exact) mass is 380 g/mol. The van der Waals surface area contributed by atoms with Gasteiger partial charge in [-0.15, -0.1) is 0 Å². The average Bonchev–Trinajstić information content (AvgIpc) is 3.11. The highest BCUT2D eigenvalue weighted by atomic mass is 16.1. The fourth-order valence-electron chi connectivity index (χ4n) is 8.04. The minimum Gasteiger partial charge on any atom is -0.294 e. The summed E-state index contributed by atoms with van der Waals surface area (Å²) in [5, 5.41) is 4.47. The molecule has 28 heavy (non-hydrogen) atoms. The van der Waals surface area contributed by atoms with Crippen LogP contribution in [-0.4, -0.2) is 15.6 Å². The summed E-state index contributed by atoms with van der Waals surface area (Å²) in [5.41, 5.74) is 3.63. The number of hydrogen-bond acceptors (Lipinski definition) is 2. The van der Waals surface area contributed by atoms with Crippen molar-refractivity contribution in [2.75, 3.05) is 0 Å². The summed E-state index contributed by atoms with van der Waals surface area (Å²) < 4.78 is 1.86. The lowest BCUT2D eigenvalue weighted by Gasteiger charge is -2.59. The molecule has 5 rings (SSSR count). The van der Waals surface area contributed by atoms with Crippen LogP contribution in [0.4, 0.5) is 0 Å². The molecule has 6 atom stereocenters. The number of ketones is 1. The number of carbonyl (C=O) groups is 1. The maximum atomic E-state index is 13.5. The third-order valence-electron chi connectivity index (χ3n) is 9.60. The Balaban J connectivity index is 1.47. The van der Waals surface area contributed by atoms with Crippen molar-refractivity contribution < 1.29 is 4.79 Å². The van der Waals surface area contributed by atoms with Gasteiger partial charge in [0.2, 0.25) is 0 Å². The Labute approximate surface area is 170 Å². The lowest BCUT2D eigenvalue weighted by atomic mass is 9.45. The molecule has 0 unspecified atom stereocenters. The topological polar surface area (TPSA) is 34.9 Å². The summed E-state index contributed by atoms with van der Waals surface area (Å²) >= 11 is 0. The van der Waals surface area contributed by atoms with Gasteiger partial charge in [-0.3, -0.25) is 9.48 Å². The number of carbonyl (C=O) groups excluding carboxylic acids is 1. The number of allylic oxidation sites excluding steroid dienone is 1. The molecule has 4 aliphatic carbocycles. The average molecular weight is 381 g/mol. The molecule has 3 nitrogen and oxygen atoms in total. The molecule has 152 valence electrons. The second kappa shape index (κ2) is 6.31. The Morgan fingerprint density at radius 3 is 2.68 bits per heavy atom. The molecule has 0 N–H and O–H groups in total. The van der Waals surface area contributed by atoms with Crippen molar-refractivity contribution >= 4 is 11.9 Å². The van der Waals surface area contributed by atoms with Gasteiger partial charge < -0.3 is 0 Å². The van der Waals surface area contributed by atoms with E-state index in [1.165, 1.54) is 44.9 Å². The molecule has 1 aromatic rings. The first kappa shape index (κ1) is 18.6. The van der Waals surface area contributed by atoms with Gasteiger partial charge in [-0.25, -0.2) is 0 Å². The van der Waals surface area contributed by atoms with Crippen LogP contribution in [0.2, 0.25) is 0 Å². The van der Waals surface area contributed by atoms with Crippen LogP contribution in [-0.2, 0) is 11.8 Å². The van der Waals surface area contributed by atoms with Crippen molar-refractivity contribution in [2.45, 2.75) is 78.6 Å². The van der Waals surface area contributed by atoms with Gasteiger partial charge in [0.15, 0.2) is 5.78 Å². The van der Waals surface area contributed by atoms with Gasteiger partial charge in [-0.1, -0.05) is 26.7 Å². The summed E-state index contributed by atoms with van der Waals surface area (Å²) in [6.45, 7) is 6.95. The molecule has 0 aromatic carbocycles. The Kier molecular flexibility index (Phi) is 4.20. The van der Waals surface area contributed by atoms with Crippen LogP contribution in [0.5, 0.6) is 0 Å². The van der Waals surface area contributed by atoms with E-state index in [0.717, 1.165) is 47.4 Å². The van der Waals surface area contributed by atoms with E-state index < -0.39 is 0 Å². The van der Waals surface area contributed by atoms with Gasteiger partial charge in [0.1, 0.15) is 0 Å². The van der Waals surface area contributed by atoms with E-state index in [0.29, 0.717) is 17.1 Å². The molecule has 0 bridgehead atoms. The van der Waals surface area contributed by atoms with Gasteiger partial charge in [0, 0.05) is 24.2 Å². The fourth-order valence-corrected chi connectivity index (χ4v) is 8.04. The van der Waals surface area contributed by atoms with E-state index in [2.05, 4.69) is 31.2 Å². The summed E-state index contributed by atoms with van der Waals surface area (Å²) in [5.74, 6) is 3.54. The van der Waals surface area contributed by atoms with Crippen LogP contribution in [0.25, 0.3) is 6.08 Å². The van der Waals surface area contributed by atoms with Crippen LogP contribution in [0.3, 0.4) is 0 Å². The van der Waals surface area contributed by atoms with Crippen molar-refractivity contribution in [2.24, 2.45) is 41.5 Å². The van der Waals surface area contributed by atoms with E-state index in [1.807, 2.05) is 18.7 Å². The molecule has 0 radical (unpaired) electrons. The molecular formula is C25H36N2O. The van der Waals surface area contributed by atoms with E-state index in [9.17, 15) is 4.79 Å². The van der Waals surface area contributed by atoms with Crippen LogP contribution in [0.15, 0.2) is 11.8 Å². The summed E-state index contributed by atoms with van der Waals surface area (Å²) in [7, 11) is 1.96. The minimum absolute atomic E-state index is 0.124. The quantitative estimate of drug-likeness (QED) is 0.584. The van der Waals surface area contributed by atoms with Crippen molar-refractivity contribution in [3.8, 4) is 0 Å². The fraction of sp³-hybridized carbons (Fsp3) is 0.760. The first-order valence-corrected chi connectivity index (χ1v) is 11.6. The highest BCUT2D eigenvalue weighted by Crippen LogP contribution is 2.66. The number of fused-ring (bicyclic) bond motifs is 5. The van der Waals surface area contributed by atoms with Crippen molar-refractivity contribution in [3.05, 3.63) is 23.0 Å². The Morgan fingerprint density at radius 2 is 1.93 bits per heavy atom. The molecular weight excluding hydrogens is 344 g/mol. The SMILES string of the molecule is Cc1nn(C)cc1/C=C1\C[C@@H]2[C@H]3CC[C@@H]4CCCC[C@]4(C)[C@@H]3CC[C@]2(C)C1=O. The summed E-state index contributed by atoms with van der Waals surface area (Å²) in [4.78, 5) is 13.5. The van der Waals surface area contributed by atoms with Crippen molar-refractivity contribution in [3.63, 3.8) is 0 Å². The molecule has 1 heterocycles. The first-order chi connectivity index (χ1) is 13.3. The van der Waals surface area contributed by atoms with Crippen LogP contribution < -0.4 is 0 Å². The molecule has 0 amide bonds. The van der Waals surface area contributed by atoms with E-state index in [4.69, 9.17) is 0 Å². The highest BCUT2D eigenvalue weighted by Gasteiger charge is 2.60. The molecule has 1 aromatic heterocycles. The number of nitrogens with zero attached hydrogens (tertiary/aromatic N) is 2. The van der Waals surface area contributed by atoms with E-state index in [1.54, 1.807) is 0 Å². The smallest absolute Gasteiger partial charge is 0.165 e.